The summed E-state index contributed by atoms with van der Waals surface area (Å²) in [6.07, 6.45) is 1.10. The molecule has 7 nitrogen and oxygen atoms in total. The topological polar surface area (TPSA) is 112 Å². The Labute approximate surface area is 132 Å². The number of hydrogen-bond donors (Lipinski definition) is 3. The second kappa shape index (κ2) is 5.65. The van der Waals surface area contributed by atoms with E-state index in [4.69, 9.17) is 5.11 Å². The van der Waals surface area contributed by atoms with Crippen LogP contribution in [0.2, 0.25) is 0 Å². The maximum Gasteiger partial charge on any atom is 0.337 e. The SMILES string of the molecule is CC(C)(C)c1[nH]ncc1S(=O)(=O)Nc1c(F)cccc1C(=O)O. The van der Waals surface area contributed by atoms with Crippen LogP contribution in [-0.2, 0) is 15.4 Å². The molecule has 0 aliphatic rings. The highest BCUT2D eigenvalue weighted by atomic mass is 32.2. The number of carboxylic acids is 1. The van der Waals surface area contributed by atoms with Crippen molar-refractivity contribution in [2.45, 2.75) is 31.1 Å². The number of aromatic nitrogens is 2. The molecule has 0 radical (unpaired) electrons. The predicted molar refractivity (Wildman–Crippen MR) is 81.5 cm³/mol. The number of rotatable bonds is 4. The van der Waals surface area contributed by atoms with Crippen LogP contribution in [0.1, 0.15) is 36.8 Å². The fourth-order valence-electron chi connectivity index (χ4n) is 2.01. The van der Waals surface area contributed by atoms with E-state index in [1.54, 1.807) is 20.8 Å². The Bertz CT molecular complexity index is 853. The van der Waals surface area contributed by atoms with Gasteiger partial charge in [-0.05, 0) is 12.1 Å². The molecular weight excluding hydrogens is 325 g/mol. The lowest BCUT2D eigenvalue weighted by atomic mass is 9.92. The lowest BCUT2D eigenvalue weighted by molar-refractivity contribution is 0.0697. The van der Waals surface area contributed by atoms with Gasteiger partial charge in [0.05, 0.1) is 23.1 Å². The first-order valence-corrected chi connectivity index (χ1v) is 8.11. The zero-order chi connectivity index (χ0) is 17.4. The van der Waals surface area contributed by atoms with E-state index in [2.05, 4.69) is 10.2 Å². The number of anilines is 1. The monoisotopic (exact) mass is 341 g/mol. The summed E-state index contributed by atoms with van der Waals surface area (Å²) >= 11 is 0. The number of aromatic amines is 1. The van der Waals surface area contributed by atoms with Crippen LogP contribution in [0.3, 0.4) is 0 Å². The minimum Gasteiger partial charge on any atom is -0.478 e. The van der Waals surface area contributed by atoms with Gasteiger partial charge in [-0.25, -0.2) is 17.6 Å². The zero-order valence-corrected chi connectivity index (χ0v) is 13.5. The van der Waals surface area contributed by atoms with Crippen molar-refractivity contribution in [3.8, 4) is 0 Å². The summed E-state index contributed by atoms with van der Waals surface area (Å²) in [6.45, 7) is 5.35. The van der Waals surface area contributed by atoms with Crippen LogP contribution >= 0.6 is 0 Å². The Morgan fingerprint density at radius 1 is 1.35 bits per heavy atom. The van der Waals surface area contributed by atoms with Gasteiger partial charge in [0.15, 0.2) is 0 Å². The molecule has 1 aromatic carbocycles. The minimum absolute atomic E-state index is 0.162. The Morgan fingerprint density at radius 2 is 2.00 bits per heavy atom. The first-order valence-electron chi connectivity index (χ1n) is 6.62. The molecule has 2 rings (SSSR count). The van der Waals surface area contributed by atoms with Gasteiger partial charge in [0.1, 0.15) is 10.7 Å². The third kappa shape index (κ3) is 3.34. The third-order valence-electron chi connectivity index (χ3n) is 3.12. The van der Waals surface area contributed by atoms with Gasteiger partial charge in [-0.3, -0.25) is 9.82 Å². The maximum atomic E-state index is 13.9. The Balaban J connectivity index is 2.53. The molecule has 3 N–H and O–H groups in total. The number of nitrogens with one attached hydrogen (secondary N) is 2. The number of nitrogens with zero attached hydrogens (tertiary/aromatic N) is 1. The van der Waals surface area contributed by atoms with E-state index < -0.39 is 38.5 Å². The molecule has 0 amide bonds. The number of carboxylic acid groups (broad SMARTS) is 1. The van der Waals surface area contributed by atoms with E-state index in [1.165, 1.54) is 6.07 Å². The summed E-state index contributed by atoms with van der Waals surface area (Å²) in [6, 6.07) is 3.28. The van der Waals surface area contributed by atoms with E-state index in [-0.39, 0.29) is 4.90 Å². The molecule has 0 saturated carbocycles. The van der Waals surface area contributed by atoms with Crippen molar-refractivity contribution in [2.75, 3.05) is 4.72 Å². The molecule has 2 aromatic rings. The predicted octanol–water partition coefficient (Wildman–Crippen LogP) is 2.35. The summed E-state index contributed by atoms with van der Waals surface area (Å²) in [5, 5.41) is 15.4. The largest absolute Gasteiger partial charge is 0.478 e. The van der Waals surface area contributed by atoms with Crippen LogP contribution in [0.25, 0.3) is 0 Å². The number of para-hydroxylation sites is 1. The van der Waals surface area contributed by atoms with Gasteiger partial charge in [0.2, 0.25) is 0 Å². The molecule has 0 fully saturated rings. The smallest absolute Gasteiger partial charge is 0.337 e. The third-order valence-corrected chi connectivity index (χ3v) is 4.49. The lowest BCUT2D eigenvalue weighted by Gasteiger charge is -2.19. The van der Waals surface area contributed by atoms with Gasteiger partial charge in [-0.1, -0.05) is 26.8 Å². The molecule has 0 aliphatic carbocycles. The average Bonchev–Trinajstić information content (AvgIpc) is 2.90. The van der Waals surface area contributed by atoms with Crippen molar-refractivity contribution < 1.29 is 22.7 Å². The molecule has 0 spiro atoms. The maximum absolute atomic E-state index is 13.9. The molecular formula is C14H16FN3O4S. The normalized spacial score (nSPS) is 12.2. The van der Waals surface area contributed by atoms with E-state index in [0.29, 0.717) is 5.69 Å². The molecule has 0 saturated heterocycles. The molecule has 0 aliphatic heterocycles. The van der Waals surface area contributed by atoms with Crippen LogP contribution in [0, 0.1) is 5.82 Å². The quantitative estimate of drug-likeness (QED) is 0.790. The van der Waals surface area contributed by atoms with Crippen LogP contribution in [0.4, 0.5) is 10.1 Å². The zero-order valence-electron chi connectivity index (χ0n) is 12.7. The molecule has 124 valence electrons. The molecule has 1 aromatic heterocycles. The number of aromatic carboxylic acids is 1. The number of hydrogen-bond acceptors (Lipinski definition) is 4. The highest BCUT2D eigenvalue weighted by Crippen LogP contribution is 2.29. The Morgan fingerprint density at radius 3 is 2.57 bits per heavy atom. The van der Waals surface area contributed by atoms with Crippen molar-refractivity contribution >= 4 is 21.7 Å². The summed E-state index contributed by atoms with van der Waals surface area (Å²) in [4.78, 5) is 11.0. The van der Waals surface area contributed by atoms with Crippen molar-refractivity contribution in [1.82, 2.24) is 10.2 Å². The molecule has 1 heterocycles. The van der Waals surface area contributed by atoms with Crippen LogP contribution in [-0.4, -0.2) is 29.7 Å². The van der Waals surface area contributed by atoms with Gasteiger partial charge >= 0.3 is 5.97 Å². The summed E-state index contributed by atoms with van der Waals surface area (Å²) in [7, 11) is -4.21. The lowest BCUT2D eigenvalue weighted by Crippen LogP contribution is -2.21. The van der Waals surface area contributed by atoms with Gasteiger partial charge in [-0.2, -0.15) is 5.10 Å². The Hall–Kier alpha value is -2.42. The molecule has 23 heavy (non-hydrogen) atoms. The first-order chi connectivity index (χ1) is 10.5. The standard InChI is InChI=1S/C14H16FN3O4S/c1-14(2,3)12-10(7-16-17-12)23(21,22)18-11-8(13(19)20)5-4-6-9(11)15/h4-7,18H,1-3H3,(H,16,17)(H,19,20). The van der Waals surface area contributed by atoms with Crippen molar-refractivity contribution in [2.24, 2.45) is 0 Å². The summed E-state index contributed by atoms with van der Waals surface area (Å²) in [5.41, 5.74) is -1.31. The highest BCUT2D eigenvalue weighted by molar-refractivity contribution is 7.92. The van der Waals surface area contributed by atoms with Gasteiger partial charge < -0.3 is 5.11 Å². The summed E-state index contributed by atoms with van der Waals surface area (Å²) < 4.78 is 41.0. The van der Waals surface area contributed by atoms with E-state index in [9.17, 15) is 17.6 Å². The number of H-pyrrole nitrogens is 1. The van der Waals surface area contributed by atoms with Crippen molar-refractivity contribution in [3.63, 3.8) is 0 Å². The molecule has 0 atom stereocenters. The fraction of sp³-hybridized carbons (Fsp3) is 0.286. The van der Waals surface area contributed by atoms with E-state index >= 15 is 0 Å². The Kier molecular flexibility index (Phi) is 4.16. The molecule has 9 heteroatoms. The minimum atomic E-state index is -4.21. The average molecular weight is 341 g/mol. The second-order valence-electron chi connectivity index (χ2n) is 5.93. The number of benzene rings is 1. The number of halogens is 1. The van der Waals surface area contributed by atoms with Crippen LogP contribution < -0.4 is 4.72 Å². The van der Waals surface area contributed by atoms with Gasteiger partial charge in [-0.15, -0.1) is 0 Å². The fourth-order valence-corrected chi connectivity index (χ4v) is 3.41. The van der Waals surface area contributed by atoms with Crippen LogP contribution in [0.5, 0.6) is 0 Å². The van der Waals surface area contributed by atoms with E-state index in [0.717, 1.165) is 18.3 Å². The van der Waals surface area contributed by atoms with Gasteiger partial charge in [0, 0.05) is 5.41 Å². The van der Waals surface area contributed by atoms with Crippen LogP contribution in [0.15, 0.2) is 29.3 Å². The first kappa shape index (κ1) is 16.9. The van der Waals surface area contributed by atoms with Crippen molar-refractivity contribution in [3.05, 3.63) is 41.5 Å². The van der Waals surface area contributed by atoms with E-state index in [1.807, 2.05) is 4.72 Å². The second-order valence-corrected chi connectivity index (χ2v) is 7.58. The molecule has 0 bridgehead atoms. The van der Waals surface area contributed by atoms with Crippen molar-refractivity contribution in [1.29, 1.82) is 0 Å². The highest BCUT2D eigenvalue weighted by Gasteiger charge is 2.29. The number of sulfonamides is 1. The summed E-state index contributed by atoms with van der Waals surface area (Å²) in [5.74, 6) is -2.42. The number of carbonyl (C=O) groups is 1. The van der Waals surface area contributed by atoms with Gasteiger partial charge in [0.25, 0.3) is 10.0 Å². The molecule has 0 unspecified atom stereocenters.